The molecule has 6 heteroatoms. The molecule has 1 aromatic heterocycles. The molecule has 0 bridgehead atoms. The average molecular weight is 377 g/mol. The van der Waals surface area contributed by atoms with E-state index in [0.717, 1.165) is 11.9 Å². The zero-order chi connectivity index (χ0) is 19.9. The summed E-state index contributed by atoms with van der Waals surface area (Å²) < 4.78 is 14.0. The number of aliphatic imine (C=N–C) groups is 1. The number of rotatable bonds is 6. The lowest BCUT2D eigenvalue weighted by molar-refractivity contribution is 0.609. The lowest BCUT2D eigenvalue weighted by Crippen LogP contribution is -2.38. The molecule has 0 spiro atoms. The van der Waals surface area contributed by atoms with Gasteiger partial charge in [-0.25, -0.2) is 9.38 Å². The summed E-state index contributed by atoms with van der Waals surface area (Å²) in [5, 5.41) is 16.5. The van der Waals surface area contributed by atoms with Crippen molar-refractivity contribution in [1.29, 1.82) is 5.26 Å². The lowest BCUT2D eigenvalue weighted by atomic mass is 10.1. The van der Waals surface area contributed by atoms with Gasteiger partial charge in [0.25, 0.3) is 0 Å². The summed E-state index contributed by atoms with van der Waals surface area (Å²) in [5.74, 6) is 0.231. The quantitative estimate of drug-likeness (QED) is 0.452. The maximum atomic E-state index is 14.0. The molecule has 0 aliphatic carbocycles. The number of guanidine groups is 1. The predicted molar refractivity (Wildman–Crippen MR) is 111 cm³/mol. The van der Waals surface area contributed by atoms with Crippen LogP contribution < -0.4 is 10.6 Å². The van der Waals surface area contributed by atoms with E-state index in [1.165, 1.54) is 22.6 Å². The SMILES string of the molecule is CCNC(=NCc1ccc(C#N)cc1F)NCCc1c[nH]c2cc(C)ccc12. The Kier molecular flexibility index (Phi) is 6.28. The molecule has 0 unspecified atom stereocenters. The third-order valence-electron chi connectivity index (χ3n) is 4.54. The molecule has 28 heavy (non-hydrogen) atoms. The Bertz CT molecular complexity index is 1030. The van der Waals surface area contributed by atoms with Crippen molar-refractivity contribution in [3.8, 4) is 6.07 Å². The molecule has 0 radical (unpaired) electrons. The Morgan fingerprint density at radius 2 is 2.04 bits per heavy atom. The van der Waals surface area contributed by atoms with Crippen LogP contribution >= 0.6 is 0 Å². The van der Waals surface area contributed by atoms with Gasteiger partial charge >= 0.3 is 0 Å². The van der Waals surface area contributed by atoms with Gasteiger partial charge in [0, 0.05) is 35.8 Å². The topological polar surface area (TPSA) is 76.0 Å². The summed E-state index contributed by atoms with van der Waals surface area (Å²) in [7, 11) is 0. The number of aryl methyl sites for hydroxylation is 1. The number of fused-ring (bicyclic) bond motifs is 1. The summed E-state index contributed by atoms with van der Waals surface area (Å²) in [6.07, 6.45) is 2.89. The van der Waals surface area contributed by atoms with Gasteiger partial charge in [-0.15, -0.1) is 0 Å². The van der Waals surface area contributed by atoms with E-state index in [1.54, 1.807) is 12.1 Å². The molecule has 0 amide bonds. The van der Waals surface area contributed by atoms with Crippen LogP contribution in [0.2, 0.25) is 0 Å². The number of nitriles is 1. The number of aromatic amines is 1. The van der Waals surface area contributed by atoms with Crippen LogP contribution in [0.25, 0.3) is 10.9 Å². The molecule has 3 N–H and O–H groups in total. The number of hydrogen-bond donors (Lipinski definition) is 3. The molecular formula is C22H24FN5. The van der Waals surface area contributed by atoms with E-state index >= 15 is 0 Å². The van der Waals surface area contributed by atoms with E-state index < -0.39 is 5.82 Å². The zero-order valence-electron chi connectivity index (χ0n) is 16.1. The van der Waals surface area contributed by atoms with E-state index in [9.17, 15) is 4.39 Å². The third kappa shape index (κ3) is 4.68. The van der Waals surface area contributed by atoms with Crippen molar-refractivity contribution in [1.82, 2.24) is 15.6 Å². The van der Waals surface area contributed by atoms with Crippen LogP contribution in [0.5, 0.6) is 0 Å². The van der Waals surface area contributed by atoms with Crippen molar-refractivity contribution in [2.45, 2.75) is 26.8 Å². The number of benzene rings is 2. The summed E-state index contributed by atoms with van der Waals surface area (Å²) in [4.78, 5) is 7.77. The van der Waals surface area contributed by atoms with Crippen molar-refractivity contribution in [2.24, 2.45) is 4.99 Å². The minimum Gasteiger partial charge on any atom is -0.361 e. The number of aromatic nitrogens is 1. The molecule has 0 saturated carbocycles. The van der Waals surface area contributed by atoms with Gasteiger partial charge < -0.3 is 15.6 Å². The highest BCUT2D eigenvalue weighted by atomic mass is 19.1. The molecule has 0 fully saturated rings. The number of H-pyrrole nitrogens is 1. The van der Waals surface area contributed by atoms with Gasteiger partial charge in [-0.2, -0.15) is 5.26 Å². The molecule has 2 aromatic carbocycles. The minimum atomic E-state index is -0.410. The number of nitrogens with one attached hydrogen (secondary N) is 3. The third-order valence-corrected chi connectivity index (χ3v) is 4.54. The molecule has 0 aliphatic rings. The summed E-state index contributed by atoms with van der Waals surface area (Å²) >= 11 is 0. The van der Waals surface area contributed by atoms with Crippen LogP contribution in [0, 0.1) is 24.1 Å². The van der Waals surface area contributed by atoms with E-state index in [1.807, 2.05) is 19.2 Å². The fraction of sp³-hybridized carbons (Fsp3) is 0.273. The maximum Gasteiger partial charge on any atom is 0.191 e. The zero-order valence-corrected chi connectivity index (χ0v) is 16.1. The van der Waals surface area contributed by atoms with Crippen LogP contribution in [-0.4, -0.2) is 24.0 Å². The molecule has 0 saturated heterocycles. The summed E-state index contributed by atoms with van der Waals surface area (Å²) in [6, 6.07) is 12.8. The first-order chi connectivity index (χ1) is 13.6. The molecule has 0 atom stereocenters. The number of halogens is 1. The Morgan fingerprint density at radius 1 is 1.18 bits per heavy atom. The van der Waals surface area contributed by atoms with Crippen LogP contribution in [0.15, 0.2) is 47.6 Å². The van der Waals surface area contributed by atoms with Gasteiger partial charge in [0.05, 0.1) is 18.2 Å². The highest BCUT2D eigenvalue weighted by Gasteiger charge is 2.06. The normalized spacial score (nSPS) is 11.4. The Hall–Kier alpha value is -3.33. The molecule has 144 valence electrons. The van der Waals surface area contributed by atoms with Gasteiger partial charge in [0.2, 0.25) is 0 Å². The van der Waals surface area contributed by atoms with Crippen molar-refractivity contribution >= 4 is 16.9 Å². The van der Waals surface area contributed by atoms with Gasteiger partial charge in [-0.3, -0.25) is 0 Å². The first-order valence-corrected chi connectivity index (χ1v) is 9.38. The van der Waals surface area contributed by atoms with Gasteiger partial charge in [-0.1, -0.05) is 18.2 Å². The van der Waals surface area contributed by atoms with Gasteiger partial charge in [0.15, 0.2) is 5.96 Å². The van der Waals surface area contributed by atoms with Gasteiger partial charge in [0.1, 0.15) is 5.82 Å². The Balaban J connectivity index is 1.62. The number of nitrogens with zero attached hydrogens (tertiary/aromatic N) is 2. The van der Waals surface area contributed by atoms with Crippen LogP contribution in [0.3, 0.4) is 0 Å². The lowest BCUT2D eigenvalue weighted by Gasteiger charge is -2.11. The van der Waals surface area contributed by atoms with Crippen molar-refractivity contribution in [3.63, 3.8) is 0 Å². The minimum absolute atomic E-state index is 0.208. The fourth-order valence-electron chi connectivity index (χ4n) is 3.07. The van der Waals surface area contributed by atoms with E-state index in [0.29, 0.717) is 30.2 Å². The largest absolute Gasteiger partial charge is 0.361 e. The predicted octanol–water partition coefficient (Wildman–Crippen LogP) is 3.78. The highest BCUT2D eigenvalue weighted by molar-refractivity contribution is 5.84. The van der Waals surface area contributed by atoms with Crippen LogP contribution in [-0.2, 0) is 13.0 Å². The molecule has 3 rings (SSSR count). The summed E-state index contributed by atoms with van der Waals surface area (Å²) in [5.41, 5.74) is 4.39. The average Bonchev–Trinajstić information content (AvgIpc) is 3.08. The van der Waals surface area contributed by atoms with Crippen LogP contribution in [0.4, 0.5) is 4.39 Å². The fourth-order valence-corrected chi connectivity index (χ4v) is 3.07. The van der Waals surface area contributed by atoms with Crippen molar-refractivity contribution < 1.29 is 4.39 Å². The monoisotopic (exact) mass is 377 g/mol. The van der Waals surface area contributed by atoms with E-state index in [2.05, 4.69) is 45.7 Å². The second kappa shape index (κ2) is 9.05. The highest BCUT2D eigenvalue weighted by Crippen LogP contribution is 2.19. The molecule has 1 heterocycles. The van der Waals surface area contributed by atoms with Crippen LogP contribution in [0.1, 0.15) is 29.2 Å². The first kappa shape index (κ1) is 19.4. The molecule has 5 nitrogen and oxygen atoms in total. The molecular weight excluding hydrogens is 353 g/mol. The second-order valence-corrected chi connectivity index (χ2v) is 6.65. The van der Waals surface area contributed by atoms with Gasteiger partial charge in [-0.05, 0) is 49.6 Å². The smallest absolute Gasteiger partial charge is 0.191 e. The van der Waals surface area contributed by atoms with E-state index in [4.69, 9.17) is 5.26 Å². The first-order valence-electron chi connectivity index (χ1n) is 9.38. The maximum absolute atomic E-state index is 14.0. The summed E-state index contributed by atoms with van der Waals surface area (Å²) in [6.45, 7) is 5.70. The second-order valence-electron chi connectivity index (χ2n) is 6.65. The Morgan fingerprint density at radius 3 is 2.79 bits per heavy atom. The van der Waals surface area contributed by atoms with Crippen molar-refractivity contribution in [2.75, 3.05) is 13.1 Å². The molecule has 3 aromatic rings. The molecule has 0 aliphatic heterocycles. The number of hydrogen-bond acceptors (Lipinski definition) is 2. The Labute approximate surface area is 164 Å². The van der Waals surface area contributed by atoms with Crippen molar-refractivity contribution in [3.05, 3.63) is 70.7 Å². The standard InChI is InChI=1S/C22H24FN5/c1-3-25-22(28-14-18-6-5-16(12-24)11-20(18)23)26-9-8-17-13-27-21-10-15(2)4-7-19(17)21/h4-7,10-11,13,27H,3,8-9,14H2,1-2H3,(H2,25,26,28). The van der Waals surface area contributed by atoms with E-state index in [-0.39, 0.29) is 6.54 Å².